The quantitative estimate of drug-likeness (QED) is 0.776. The average Bonchev–Trinajstić information content (AvgIpc) is 2.60. The standard InChI is InChI=1S/C17H15FN4O2/c1-23-16-11(3-2-4-20-16)10-24-15-6-12(5-14(18)7-15)13-8-21-17(19)22-9-13/h2-9H,10H2,1H3,(H2,19,21,22). The second-order valence-corrected chi connectivity index (χ2v) is 4.97. The minimum absolute atomic E-state index is 0.162. The average molecular weight is 326 g/mol. The van der Waals surface area contributed by atoms with Crippen LogP contribution in [0.4, 0.5) is 10.3 Å². The number of halogens is 1. The zero-order valence-corrected chi connectivity index (χ0v) is 12.9. The number of pyridine rings is 1. The van der Waals surface area contributed by atoms with Crippen molar-refractivity contribution in [2.75, 3.05) is 12.8 Å². The number of anilines is 1. The van der Waals surface area contributed by atoms with E-state index in [0.717, 1.165) is 5.56 Å². The summed E-state index contributed by atoms with van der Waals surface area (Å²) in [5.41, 5.74) is 7.48. The summed E-state index contributed by atoms with van der Waals surface area (Å²) in [5.74, 6) is 0.599. The second-order valence-electron chi connectivity index (χ2n) is 4.97. The van der Waals surface area contributed by atoms with Crippen molar-refractivity contribution in [1.29, 1.82) is 0 Å². The molecule has 7 heteroatoms. The molecule has 0 aliphatic carbocycles. The third-order valence-corrected chi connectivity index (χ3v) is 3.31. The van der Waals surface area contributed by atoms with Crippen LogP contribution in [0, 0.1) is 5.82 Å². The largest absolute Gasteiger partial charge is 0.489 e. The molecule has 6 nitrogen and oxygen atoms in total. The van der Waals surface area contributed by atoms with Crippen molar-refractivity contribution in [3.05, 3.63) is 60.3 Å². The summed E-state index contributed by atoms with van der Waals surface area (Å²) in [6.07, 6.45) is 4.69. The van der Waals surface area contributed by atoms with Gasteiger partial charge in [-0.05, 0) is 29.8 Å². The Balaban J connectivity index is 1.82. The molecule has 0 spiro atoms. The molecule has 2 aromatic heterocycles. The van der Waals surface area contributed by atoms with E-state index in [1.54, 1.807) is 18.3 Å². The van der Waals surface area contributed by atoms with Crippen LogP contribution >= 0.6 is 0 Å². The fourth-order valence-electron chi connectivity index (χ4n) is 2.18. The predicted molar refractivity (Wildman–Crippen MR) is 87.0 cm³/mol. The fourth-order valence-corrected chi connectivity index (χ4v) is 2.18. The lowest BCUT2D eigenvalue weighted by molar-refractivity contribution is 0.292. The molecule has 0 saturated carbocycles. The summed E-state index contributed by atoms with van der Waals surface area (Å²) >= 11 is 0. The molecule has 1 aromatic carbocycles. The zero-order chi connectivity index (χ0) is 16.9. The Morgan fingerprint density at radius 3 is 2.62 bits per heavy atom. The Hall–Kier alpha value is -3.22. The van der Waals surface area contributed by atoms with E-state index in [-0.39, 0.29) is 12.6 Å². The summed E-state index contributed by atoms with van der Waals surface area (Å²) in [7, 11) is 1.53. The molecular weight excluding hydrogens is 311 g/mol. The lowest BCUT2D eigenvalue weighted by atomic mass is 10.1. The van der Waals surface area contributed by atoms with Gasteiger partial charge in [-0.2, -0.15) is 0 Å². The Kier molecular flexibility index (Phi) is 4.51. The highest BCUT2D eigenvalue weighted by Crippen LogP contribution is 2.26. The smallest absolute Gasteiger partial charge is 0.219 e. The van der Waals surface area contributed by atoms with Crippen LogP contribution in [0.15, 0.2) is 48.9 Å². The first-order chi connectivity index (χ1) is 11.7. The molecule has 122 valence electrons. The monoisotopic (exact) mass is 326 g/mol. The van der Waals surface area contributed by atoms with Gasteiger partial charge in [0.05, 0.1) is 12.7 Å². The molecule has 0 aliphatic rings. The Morgan fingerprint density at radius 1 is 1.08 bits per heavy atom. The third kappa shape index (κ3) is 3.57. The minimum atomic E-state index is -0.419. The van der Waals surface area contributed by atoms with Crippen LogP contribution in [0.1, 0.15) is 5.56 Å². The van der Waals surface area contributed by atoms with Crippen molar-refractivity contribution in [1.82, 2.24) is 15.0 Å². The van der Waals surface area contributed by atoms with Crippen LogP contribution in [0.3, 0.4) is 0 Å². The fraction of sp³-hybridized carbons (Fsp3) is 0.118. The Bertz CT molecular complexity index is 840. The van der Waals surface area contributed by atoms with Gasteiger partial charge in [0.1, 0.15) is 18.2 Å². The molecule has 3 rings (SSSR count). The minimum Gasteiger partial charge on any atom is -0.489 e. The van der Waals surface area contributed by atoms with Crippen LogP contribution in [0.2, 0.25) is 0 Å². The van der Waals surface area contributed by atoms with Crippen LogP contribution in [0.25, 0.3) is 11.1 Å². The maximum atomic E-state index is 13.9. The Morgan fingerprint density at radius 2 is 1.88 bits per heavy atom. The van der Waals surface area contributed by atoms with Gasteiger partial charge in [0.15, 0.2) is 0 Å². The molecule has 0 fully saturated rings. The lowest BCUT2D eigenvalue weighted by Crippen LogP contribution is -2.00. The van der Waals surface area contributed by atoms with Gasteiger partial charge in [-0.25, -0.2) is 19.3 Å². The first kappa shape index (κ1) is 15.7. The summed E-state index contributed by atoms with van der Waals surface area (Å²) in [5, 5.41) is 0. The topological polar surface area (TPSA) is 83.2 Å². The number of nitrogen functional groups attached to an aromatic ring is 1. The van der Waals surface area contributed by atoms with Crippen molar-refractivity contribution in [2.24, 2.45) is 0 Å². The number of ether oxygens (including phenoxy) is 2. The van der Waals surface area contributed by atoms with Gasteiger partial charge < -0.3 is 15.2 Å². The van der Waals surface area contributed by atoms with Crippen molar-refractivity contribution >= 4 is 5.95 Å². The van der Waals surface area contributed by atoms with Crippen molar-refractivity contribution in [3.63, 3.8) is 0 Å². The molecule has 0 atom stereocenters. The van der Waals surface area contributed by atoms with E-state index < -0.39 is 5.82 Å². The van der Waals surface area contributed by atoms with E-state index in [4.69, 9.17) is 15.2 Å². The van der Waals surface area contributed by atoms with Crippen molar-refractivity contribution in [2.45, 2.75) is 6.61 Å². The number of rotatable bonds is 5. The van der Waals surface area contributed by atoms with E-state index in [1.165, 1.54) is 31.6 Å². The highest BCUT2D eigenvalue weighted by atomic mass is 19.1. The lowest BCUT2D eigenvalue weighted by Gasteiger charge is -2.10. The van der Waals surface area contributed by atoms with Crippen molar-refractivity contribution < 1.29 is 13.9 Å². The van der Waals surface area contributed by atoms with Gasteiger partial charge in [0.2, 0.25) is 11.8 Å². The summed E-state index contributed by atoms with van der Waals surface area (Å²) in [4.78, 5) is 11.9. The number of hydrogen-bond acceptors (Lipinski definition) is 6. The molecule has 24 heavy (non-hydrogen) atoms. The summed E-state index contributed by atoms with van der Waals surface area (Å²) in [6, 6.07) is 8.02. The molecule has 2 N–H and O–H groups in total. The molecule has 0 saturated heterocycles. The third-order valence-electron chi connectivity index (χ3n) is 3.31. The van der Waals surface area contributed by atoms with Crippen LogP contribution < -0.4 is 15.2 Å². The highest BCUT2D eigenvalue weighted by Gasteiger charge is 2.08. The molecule has 2 heterocycles. The maximum Gasteiger partial charge on any atom is 0.219 e. The number of nitrogens with zero attached hydrogens (tertiary/aromatic N) is 3. The van der Waals surface area contributed by atoms with E-state index in [9.17, 15) is 4.39 Å². The first-order valence-corrected chi connectivity index (χ1v) is 7.15. The van der Waals surface area contributed by atoms with Gasteiger partial charge in [-0.3, -0.25) is 0 Å². The van der Waals surface area contributed by atoms with E-state index >= 15 is 0 Å². The van der Waals surface area contributed by atoms with Gasteiger partial charge in [0, 0.05) is 30.2 Å². The summed E-state index contributed by atoms with van der Waals surface area (Å²) in [6.45, 7) is 0.206. The van der Waals surface area contributed by atoms with Crippen LogP contribution in [-0.2, 0) is 6.61 Å². The number of hydrogen-bond donors (Lipinski definition) is 1. The molecule has 0 amide bonds. The molecule has 0 radical (unpaired) electrons. The second kappa shape index (κ2) is 6.91. The normalized spacial score (nSPS) is 10.4. The number of benzene rings is 1. The van der Waals surface area contributed by atoms with Gasteiger partial charge >= 0.3 is 0 Å². The molecule has 0 unspecified atom stereocenters. The van der Waals surface area contributed by atoms with Crippen molar-refractivity contribution in [3.8, 4) is 22.8 Å². The maximum absolute atomic E-state index is 13.9. The molecular formula is C17H15FN4O2. The number of aromatic nitrogens is 3. The Labute approximate surface area is 138 Å². The molecule has 0 aliphatic heterocycles. The van der Waals surface area contributed by atoms with Gasteiger partial charge in [0.25, 0.3) is 0 Å². The first-order valence-electron chi connectivity index (χ1n) is 7.15. The number of methoxy groups -OCH3 is 1. The zero-order valence-electron chi connectivity index (χ0n) is 12.9. The van der Waals surface area contributed by atoms with E-state index in [2.05, 4.69) is 15.0 Å². The van der Waals surface area contributed by atoms with Gasteiger partial charge in [-0.15, -0.1) is 0 Å². The van der Waals surface area contributed by atoms with Crippen LogP contribution in [0.5, 0.6) is 11.6 Å². The summed E-state index contributed by atoms with van der Waals surface area (Å²) < 4.78 is 24.7. The van der Waals surface area contributed by atoms with Crippen LogP contribution in [-0.4, -0.2) is 22.1 Å². The SMILES string of the molecule is COc1ncccc1COc1cc(F)cc(-c2cnc(N)nc2)c1. The molecule has 3 aromatic rings. The highest BCUT2D eigenvalue weighted by molar-refractivity contribution is 5.63. The van der Waals surface area contributed by atoms with E-state index in [1.807, 2.05) is 6.07 Å². The number of nitrogens with two attached hydrogens (primary N) is 1. The van der Waals surface area contributed by atoms with Gasteiger partial charge in [-0.1, -0.05) is 0 Å². The molecule has 0 bridgehead atoms. The predicted octanol–water partition coefficient (Wildman–Crippen LogP) is 2.85. The van der Waals surface area contributed by atoms with E-state index in [0.29, 0.717) is 22.8 Å².